The molecule has 0 aliphatic carbocycles. The molecule has 0 rings (SSSR count). The Labute approximate surface area is 108 Å². The molecular formula is C3H10O4P2WY. The third kappa shape index (κ3) is 12.5. The zero-order valence-electron chi connectivity index (χ0n) is 6.30. The molecule has 0 aliphatic rings. The van der Waals surface area contributed by atoms with Crippen LogP contribution in [0.4, 0.5) is 0 Å². The minimum absolute atomic E-state index is 0. The van der Waals surface area contributed by atoms with Crippen LogP contribution in [0.1, 0.15) is 0 Å². The molecule has 0 fully saturated rings. The molecule has 0 amide bonds. The monoisotopic (exact) mass is 445 g/mol. The Morgan fingerprint density at radius 2 is 1.36 bits per heavy atom. The molecule has 2 atom stereocenters. The first kappa shape index (κ1) is 19.1. The van der Waals surface area contributed by atoms with Gasteiger partial charge in [0.05, 0.1) is 5.90 Å². The van der Waals surface area contributed by atoms with E-state index < -0.39 is 16.8 Å². The minimum atomic E-state index is -1.47. The topological polar surface area (TPSA) is 58.9 Å². The number of hydrogen-bond donors (Lipinski definition) is 2. The van der Waals surface area contributed by atoms with Gasteiger partial charge in [0.2, 0.25) is 0 Å². The van der Waals surface area contributed by atoms with E-state index in [4.69, 9.17) is 9.79 Å². The van der Waals surface area contributed by atoms with Crippen LogP contribution in [-0.4, -0.2) is 29.9 Å². The van der Waals surface area contributed by atoms with E-state index in [1.807, 2.05) is 0 Å². The molecule has 0 bridgehead atoms. The van der Waals surface area contributed by atoms with Gasteiger partial charge >= 0.3 is 0 Å². The molecule has 0 aromatic heterocycles. The number of rotatable bonds is 4. The largest absolute Gasteiger partial charge is 0.350 e. The first-order valence-electron chi connectivity index (χ1n) is 2.21. The molecule has 11 heavy (non-hydrogen) atoms. The maximum Gasteiger partial charge on any atom is 0.176 e. The quantitative estimate of drug-likeness (QED) is 0.631. The van der Waals surface area contributed by atoms with Gasteiger partial charge < -0.3 is 18.8 Å². The van der Waals surface area contributed by atoms with E-state index in [2.05, 4.69) is 9.05 Å². The van der Waals surface area contributed by atoms with E-state index in [1.165, 1.54) is 14.2 Å². The van der Waals surface area contributed by atoms with Crippen LogP contribution in [-0.2, 0) is 62.8 Å². The molecule has 0 aliphatic heterocycles. The molecule has 0 spiro atoms. The van der Waals surface area contributed by atoms with Gasteiger partial charge in [0.1, 0.15) is 0 Å². The van der Waals surface area contributed by atoms with E-state index in [1.54, 1.807) is 0 Å². The summed E-state index contributed by atoms with van der Waals surface area (Å²) in [6.07, 6.45) is 0. The van der Waals surface area contributed by atoms with E-state index in [0.29, 0.717) is 0 Å². The molecule has 0 aromatic carbocycles. The summed E-state index contributed by atoms with van der Waals surface area (Å²) < 4.78 is 9.04. The summed E-state index contributed by atoms with van der Waals surface area (Å²) in [4.78, 5) is 17.6. The second-order valence-corrected chi connectivity index (χ2v) is 4.48. The summed E-state index contributed by atoms with van der Waals surface area (Å²) in [6, 6.07) is 0. The Morgan fingerprint density at radius 3 is 1.55 bits per heavy atom. The van der Waals surface area contributed by atoms with Crippen molar-refractivity contribution in [3.05, 3.63) is 0 Å². The Morgan fingerprint density at radius 1 is 1.09 bits per heavy atom. The van der Waals surface area contributed by atoms with Crippen molar-refractivity contribution in [2.45, 2.75) is 0 Å². The fourth-order valence-electron chi connectivity index (χ4n) is 0.219. The standard InChI is InChI=1S/C3H10O4P2.W.Y/c1-6-8(4)3-9(5)7-2;;/h4-5H,3H2,1-2H3;;. The van der Waals surface area contributed by atoms with E-state index >= 15 is 0 Å². The predicted molar refractivity (Wildman–Crippen MR) is 37.2 cm³/mol. The molecule has 2 unspecified atom stereocenters. The first-order valence-corrected chi connectivity index (χ1v) is 5.01. The third-order valence-corrected chi connectivity index (χ3v) is 3.44. The van der Waals surface area contributed by atoms with Gasteiger partial charge in [0.25, 0.3) is 0 Å². The molecule has 2 N–H and O–H groups in total. The average Bonchev–Trinajstić information content (AvgIpc) is 1.87. The molecule has 0 heterocycles. The van der Waals surface area contributed by atoms with Gasteiger partial charge in [-0.1, -0.05) is 0 Å². The Hall–Kier alpha value is 2.49. The minimum Gasteiger partial charge on any atom is -0.350 e. The van der Waals surface area contributed by atoms with E-state index in [0.717, 1.165) is 0 Å². The van der Waals surface area contributed by atoms with Crippen LogP contribution >= 0.6 is 16.8 Å². The van der Waals surface area contributed by atoms with Crippen LogP contribution in [0.15, 0.2) is 0 Å². The maximum absolute atomic E-state index is 8.78. The Kier molecular flexibility index (Phi) is 21.7. The van der Waals surface area contributed by atoms with Gasteiger partial charge in [-0.05, 0) is 0 Å². The second kappa shape index (κ2) is 12.5. The first-order chi connectivity index (χ1) is 4.20. The summed E-state index contributed by atoms with van der Waals surface area (Å²) >= 11 is 0. The van der Waals surface area contributed by atoms with Crippen LogP contribution in [0.2, 0.25) is 0 Å². The third-order valence-electron chi connectivity index (χ3n) is 0.663. The summed E-state index contributed by atoms with van der Waals surface area (Å²) in [5, 5.41) is 0. The van der Waals surface area contributed by atoms with Crippen LogP contribution in [0.5, 0.6) is 0 Å². The normalized spacial score (nSPS) is 14.2. The Bertz CT molecular complexity index is 72.4. The predicted octanol–water partition coefficient (Wildman–Crippen LogP) is 0.840. The summed E-state index contributed by atoms with van der Waals surface area (Å²) in [6.45, 7) is 0. The zero-order valence-corrected chi connectivity index (χ0v) is 13.9. The van der Waals surface area contributed by atoms with Gasteiger partial charge in [-0.3, -0.25) is 0 Å². The number of hydrogen-bond acceptors (Lipinski definition) is 4. The van der Waals surface area contributed by atoms with Crippen LogP contribution in [0.25, 0.3) is 0 Å². The summed E-state index contributed by atoms with van der Waals surface area (Å²) in [5.74, 6) is 0.206. The van der Waals surface area contributed by atoms with Crippen LogP contribution < -0.4 is 0 Å². The molecule has 8 heteroatoms. The SMILES string of the molecule is COP(O)CP(O)OC.[W].[Y]. The molecule has 0 saturated heterocycles. The van der Waals surface area contributed by atoms with Crippen molar-refractivity contribution < 1.29 is 72.6 Å². The average molecular weight is 445 g/mol. The summed E-state index contributed by atoms with van der Waals surface area (Å²) in [5.41, 5.74) is 0. The van der Waals surface area contributed by atoms with Gasteiger partial charge in [-0.25, -0.2) is 0 Å². The van der Waals surface area contributed by atoms with Crippen molar-refractivity contribution in [1.29, 1.82) is 0 Å². The zero-order chi connectivity index (χ0) is 7.28. The molecule has 1 radical (unpaired) electrons. The fraction of sp³-hybridized carbons (Fsp3) is 1.00. The fourth-order valence-corrected chi connectivity index (χ4v) is 1.97. The Balaban J connectivity index is -0.000000320. The van der Waals surface area contributed by atoms with Crippen molar-refractivity contribution in [3.8, 4) is 0 Å². The molecule has 0 aromatic rings. The second-order valence-electron chi connectivity index (χ2n) is 1.21. The van der Waals surface area contributed by atoms with Crippen molar-refractivity contribution in [3.63, 3.8) is 0 Å². The van der Waals surface area contributed by atoms with Gasteiger partial charge in [0, 0.05) is 68.0 Å². The van der Waals surface area contributed by atoms with E-state index in [9.17, 15) is 0 Å². The summed E-state index contributed by atoms with van der Waals surface area (Å²) in [7, 11) is -0.153. The van der Waals surface area contributed by atoms with Crippen LogP contribution in [0.3, 0.4) is 0 Å². The van der Waals surface area contributed by atoms with Crippen molar-refractivity contribution in [2.75, 3.05) is 20.1 Å². The van der Waals surface area contributed by atoms with Gasteiger partial charge in [-0.2, -0.15) is 0 Å². The van der Waals surface area contributed by atoms with E-state index in [-0.39, 0.29) is 59.7 Å². The van der Waals surface area contributed by atoms with Crippen LogP contribution in [0, 0.1) is 0 Å². The van der Waals surface area contributed by atoms with Gasteiger partial charge in [0.15, 0.2) is 16.8 Å². The van der Waals surface area contributed by atoms with Crippen molar-refractivity contribution in [2.24, 2.45) is 0 Å². The maximum atomic E-state index is 8.78. The smallest absolute Gasteiger partial charge is 0.176 e. The molecule has 0 saturated carbocycles. The molecule has 65 valence electrons. The van der Waals surface area contributed by atoms with Crippen molar-refractivity contribution >= 4 is 16.8 Å². The molecular weight excluding hydrogens is 435 g/mol. The van der Waals surface area contributed by atoms with Gasteiger partial charge in [-0.15, -0.1) is 0 Å². The van der Waals surface area contributed by atoms with Crippen molar-refractivity contribution in [1.82, 2.24) is 0 Å². The molecule has 4 nitrogen and oxygen atoms in total.